The van der Waals surface area contributed by atoms with Gasteiger partial charge in [-0.2, -0.15) is 0 Å². The lowest BCUT2D eigenvalue weighted by Crippen LogP contribution is -2.37. The van der Waals surface area contributed by atoms with Crippen molar-refractivity contribution >= 4 is 33.7 Å². The molecule has 6 rings (SSSR count). The van der Waals surface area contributed by atoms with Crippen LogP contribution in [0.5, 0.6) is 0 Å². The first kappa shape index (κ1) is 23.7. The average molecular weight is 499 g/mol. The number of para-hydroxylation sites is 1. The summed E-state index contributed by atoms with van der Waals surface area (Å²) in [6, 6.07) is 21.4. The third kappa shape index (κ3) is 4.84. The lowest BCUT2D eigenvalue weighted by atomic mass is 10.0. The summed E-state index contributed by atoms with van der Waals surface area (Å²) < 4.78 is 25.4. The molecule has 1 aromatic heterocycles. The number of hydrogen-bond acceptors (Lipinski definition) is 6. The Hall–Kier alpha value is -3.68. The predicted molar refractivity (Wildman–Crippen MR) is 148 cm³/mol. The van der Waals surface area contributed by atoms with E-state index in [-0.39, 0.29) is 5.82 Å². The van der Waals surface area contributed by atoms with Crippen molar-refractivity contribution in [3.63, 3.8) is 0 Å². The number of nitrogens with zero attached hydrogens (tertiary/aromatic N) is 3. The second-order valence-corrected chi connectivity index (χ2v) is 9.51. The summed E-state index contributed by atoms with van der Waals surface area (Å²) in [5.41, 5.74) is 7.73. The largest absolute Gasteiger partial charge is 0.378 e. The monoisotopic (exact) mass is 498 g/mol. The number of hydrogen-bond donors (Lipinski definition) is 1. The summed E-state index contributed by atoms with van der Waals surface area (Å²) in [6.45, 7) is 8.39. The normalized spacial score (nSPS) is 16.3. The van der Waals surface area contributed by atoms with Gasteiger partial charge < -0.3 is 24.6 Å². The van der Waals surface area contributed by atoms with Crippen molar-refractivity contribution in [1.29, 1.82) is 0 Å². The zero-order valence-corrected chi connectivity index (χ0v) is 21.0. The van der Waals surface area contributed by atoms with Crippen LogP contribution in [0.4, 0.5) is 27.1 Å². The molecule has 2 aliphatic heterocycles. The fourth-order valence-corrected chi connectivity index (χ4v) is 5.24. The molecule has 1 N–H and O–H groups in total. The van der Waals surface area contributed by atoms with Gasteiger partial charge in [-0.15, -0.1) is 0 Å². The molecule has 6 nitrogen and oxygen atoms in total. The second kappa shape index (κ2) is 10.4. The Balaban J connectivity index is 1.49. The smallest absolute Gasteiger partial charge is 0.123 e. The Kier molecular flexibility index (Phi) is 6.64. The molecule has 2 saturated heterocycles. The van der Waals surface area contributed by atoms with E-state index in [0.717, 1.165) is 84.2 Å². The number of benzene rings is 3. The fraction of sp³-hybridized carbons (Fsp3) is 0.300. The van der Waals surface area contributed by atoms with Crippen LogP contribution in [0.1, 0.15) is 5.56 Å². The molecule has 3 heterocycles. The Morgan fingerprint density at radius 1 is 0.811 bits per heavy atom. The van der Waals surface area contributed by atoms with E-state index in [4.69, 9.17) is 14.5 Å². The fourth-order valence-electron chi connectivity index (χ4n) is 5.24. The van der Waals surface area contributed by atoms with Crippen LogP contribution < -0.4 is 15.1 Å². The molecule has 3 aromatic carbocycles. The Morgan fingerprint density at radius 3 is 2.30 bits per heavy atom. The van der Waals surface area contributed by atoms with Gasteiger partial charge in [0, 0.05) is 42.8 Å². The molecular weight excluding hydrogens is 467 g/mol. The van der Waals surface area contributed by atoms with Crippen LogP contribution in [0.25, 0.3) is 22.2 Å². The average Bonchev–Trinajstić information content (AvgIpc) is 2.95. The number of pyridine rings is 1. The number of fused-ring (bicyclic) bond motifs is 1. The molecule has 37 heavy (non-hydrogen) atoms. The molecule has 0 unspecified atom stereocenters. The number of ether oxygens (including phenoxy) is 2. The van der Waals surface area contributed by atoms with Crippen molar-refractivity contribution in [2.75, 3.05) is 67.7 Å². The molecule has 2 fully saturated rings. The van der Waals surface area contributed by atoms with Gasteiger partial charge in [-0.3, -0.25) is 0 Å². The highest BCUT2D eigenvalue weighted by Gasteiger charge is 2.20. The summed E-state index contributed by atoms with van der Waals surface area (Å²) in [5, 5.41) is 4.84. The van der Waals surface area contributed by atoms with Crippen LogP contribution >= 0.6 is 0 Å². The molecule has 7 heteroatoms. The molecular formula is C30H31FN4O2. The van der Waals surface area contributed by atoms with Gasteiger partial charge in [-0.1, -0.05) is 30.3 Å². The van der Waals surface area contributed by atoms with E-state index in [0.29, 0.717) is 13.2 Å². The van der Waals surface area contributed by atoms with Crippen LogP contribution in [-0.4, -0.2) is 57.6 Å². The van der Waals surface area contributed by atoms with E-state index in [1.807, 2.05) is 24.3 Å². The van der Waals surface area contributed by atoms with E-state index in [9.17, 15) is 4.39 Å². The minimum Gasteiger partial charge on any atom is -0.378 e. The van der Waals surface area contributed by atoms with Crippen molar-refractivity contribution in [2.45, 2.75) is 6.92 Å². The zero-order valence-electron chi connectivity index (χ0n) is 21.0. The maximum absolute atomic E-state index is 14.2. The molecule has 0 atom stereocenters. The van der Waals surface area contributed by atoms with Gasteiger partial charge in [0.1, 0.15) is 5.82 Å². The molecule has 0 bridgehead atoms. The van der Waals surface area contributed by atoms with E-state index in [2.05, 4.69) is 46.3 Å². The number of rotatable bonds is 5. The van der Waals surface area contributed by atoms with Crippen molar-refractivity contribution < 1.29 is 13.9 Å². The van der Waals surface area contributed by atoms with Gasteiger partial charge in [-0.25, -0.2) is 9.37 Å². The quantitative estimate of drug-likeness (QED) is 0.377. The second-order valence-electron chi connectivity index (χ2n) is 9.51. The highest BCUT2D eigenvalue weighted by atomic mass is 19.1. The van der Waals surface area contributed by atoms with Crippen LogP contribution in [0.2, 0.25) is 0 Å². The van der Waals surface area contributed by atoms with Crippen LogP contribution in [0.15, 0.2) is 66.7 Å². The Bertz CT molecular complexity index is 1410. The molecule has 0 saturated carbocycles. The first-order chi connectivity index (χ1) is 18.2. The highest BCUT2D eigenvalue weighted by Crippen LogP contribution is 2.39. The van der Waals surface area contributed by atoms with Crippen molar-refractivity contribution in [2.24, 2.45) is 0 Å². The maximum Gasteiger partial charge on any atom is 0.123 e. The maximum atomic E-state index is 14.2. The van der Waals surface area contributed by atoms with E-state index in [1.54, 1.807) is 12.1 Å². The number of nitrogens with one attached hydrogen (secondary N) is 1. The van der Waals surface area contributed by atoms with Gasteiger partial charge in [0.15, 0.2) is 0 Å². The Labute approximate surface area is 216 Å². The van der Waals surface area contributed by atoms with Crippen molar-refractivity contribution in [3.05, 3.63) is 78.1 Å². The number of morpholine rings is 2. The molecule has 4 aromatic rings. The van der Waals surface area contributed by atoms with Crippen LogP contribution in [0.3, 0.4) is 0 Å². The minimum absolute atomic E-state index is 0.269. The molecule has 0 amide bonds. The van der Waals surface area contributed by atoms with Gasteiger partial charge in [0.2, 0.25) is 0 Å². The highest BCUT2D eigenvalue weighted by molar-refractivity contribution is 5.99. The summed E-state index contributed by atoms with van der Waals surface area (Å²) in [5.74, 6) is -0.269. The molecule has 0 radical (unpaired) electrons. The first-order valence-electron chi connectivity index (χ1n) is 12.9. The summed E-state index contributed by atoms with van der Waals surface area (Å²) in [4.78, 5) is 9.68. The molecule has 2 aliphatic rings. The minimum atomic E-state index is -0.269. The van der Waals surface area contributed by atoms with E-state index < -0.39 is 0 Å². The van der Waals surface area contributed by atoms with Gasteiger partial charge in [-0.05, 0) is 48.9 Å². The van der Waals surface area contributed by atoms with Gasteiger partial charge >= 0.3 is 0 Å². The Morgan fingerprint density at radius 2 is 1.54 bits per heavy atom. The predicted octanol–water partition coefficient (Wildman–Crippen LogP) is 5.77. The standard InChI is InChI=1S/C30H31FN4O2/c1-21-29(22-5-4-6-23(31)19-22)32-26-8-3-2-7-25(26)30(21)33-27-20-24(34-11-15-36-16-12-34)9-10-28(27)35-13-17-37-18-14-35/h2-10,19-20H,11-18H2,1H3,(H,32,33). The van der Waals surface area contributed by atoms with E-state index in [1.165, 1.54) is 11.8 Å². The van der Waals surface area contributed by atoms with Crippen LogP contribution in [0, 0.1) is 12.7 Å². The van der Waals surface area contributed by atoms with Crippen molar-refractivity contribution in [3.8, 4) is 11.3 Å². The summed E-state index contributed by atoms with van der Waals surface area (Å²) >= 11 is 0. The van der Waals surface area contributed by atoms with Crippen LogP contribution in [-0.2, 0) is 9.47 Å². The number of aromatic nitrogens is 1. The summed E-state index contributed by atoms with van der Waals surface area (Å²) in [6.07, 6.45) is 0. The molecule has 0 spiro atoms. The lowest BCUT2D eigenvalue weighted by Gasteiger charge is -2.33. The summed E-state index contributed by atoms with van der Waals surface area (Å²) in [7, 11) is 0. The molecule has 0 aliphatic carbocycles. The lowest BCUT2D eigenvalue weighted by molar-refractivity contribution is 0.122. The van der Waals surface area contributed by atoms with Gasteiger partial charge in [0.25, 0.3) is 0 Å². The molecule has 190 valence electrons. The van der Waals surface area contributed by atoms with Crippen molar-refractivity contribution in [1.82, 2.24) is 4.98 Å². The topological polar surface area (TPSA) is 49.9 Å². The van der Waals surface area contributed by atoms with E-state index >= 15 is 0 Å². The zero-order chi connectivity index (χ0) is 25.2. The third-order valence-electron chi connectivity index (χ3n) is 7.20. The number of anilines is 4. The number of halogens is 1. The SMILES string of the molecule is Cc1c(-c2cccc(F)c2)nc2ccccc2c1Nc1cc(N2CCOCC2)ccc1N1CCOCC1. The third-order valence-corrected chi connectivity index (χ3v) is 7.20. The first-order valence-corrected chi connectivity index (χ1v) is 12.9. The van der Waals surface area contributed by atoms with Gasteiger partial charge in [0.05, 0.1) is 54.7 Å².